The Morgan fingerprint density at radius 2 is 1.71 bits per heavy atom. The van der Waals surface area contributed by atoms with Gasteiger partial charge in [-0.2, -0.15) is 0 Å². The molecule has 0 aliphatic carbocycles. The van der Waals surface area contributed by atoms with E-state index in [2.05, 4.69) is 17.0 Å². The maximum atomic E-state index is 13.4. The average molecular weight is 437 g/mol. The molecule has 31 heavy (non-hydrogen) atoms. The van der Waals surface area contributed by atoms with E-state index in [9.17, 15) is 4.79 Å². The van der Waals surface area contributed by atoms with Crippen LogP contribution in [0.2, 0.25) is 0 Å². The van der Waals surface area contributed by atoms with Gasteiger partial charge in [0.15, 0.2) is 0 Å². The first-order chi connectivity index (χ1) is 15.2. The first-order valence-corrected chi connectivity index (χ1v) is 11.4. The van der Waals surface area contributed by atoms with Gasteiger partial charge in [-0.3, -0.25) is 9.69 Å². The third-order valence-electron chi connectivity index (χ3n) is 5.74. The zero-order chi connectivity index (χ0) is 21.6. The minimum absolute atomic E-state index is 0.0644. The quantitative estimate of drug-likeness (QED) is 0.518. The van der Waals surface area contributed by atoms with Gasteiger partial charge in [-0.1, -0.05) is 24.3 Å². The Bertz CT molecular complexity index is 998. The van der Waals surface area contributed by atoms with Gasteiger partial charge in [-0.25, -0.2) is 0 Å². The lowest BCUT2D eigenvalue weighted by atomic mass is 10.0. The number of piperidine rings is 1. The van der Waals surface area contributed by atoms with Crippen LogP contribution in [0, 0.1) is 0 Å². The van der Waals surface area contributed by atoms with Crippen molar-refractivity contribution in [2.45, 2.75) is 25.4 Å². The molecule has 0 spiro atoms. The summed E-state index contributed by atoms with van der Waals surface area (Å²) in [6, 6.07) is 20.0. The van der Waals surface area contributed by atoms with Gasteiger partial charge in [-0.05, 0) is 54.1 Å². The molecule has 0 unspecified atom stereocenters. The van der Waals surface area contributed by atoms with E-state index in [4.69, 9.17) is 9.47 Å². The Morgan fingerprint density at radius 1 is 1.00 bits per heavy atom. The van der Waals surface area contributed by atoms with E-state index in [1.165, 1.54) is 16.9 Å². The van der Waals surface area contributed by atoms with Crippen LogP contribution in [0.5, 0.6) is 11.5 Å². The molecule has 0 N–H and O–H groups in total. The number of benzene rings is 2. The minimum atomic E-state index is 0.0644. The van der Waals surface area contributed by atoms with Crippen molar-refractivity contribution in [2.24, 2.45) is 0 Å². The number of thiophene rings is 1. The number of carbonyl (C=O) groups is 1. The normalized spacial score (nSPS) is 14.9. The molecule has 4 rings (SSSR count). The SMILES string of the molecule is COc1cccc(CN2CCC(N(C(=O)c3cccs3)c3cccc(OC)c3)CC2)c1. The molecule has 6 heteroatoms. The zero-order valence-electron chi connectivity index (χ0n) is 18.0. The smallest absolute Gasteiger partial charge is 0.268 e. The number of nitrogens with zero attached hydrogens (tertiary/aromatic N) is 2. The largest absolute Gasteiger partial charge is 0.497 e. The monoisotopic (exact) mass is 436 g/mol. The van der Waals surface area contributed by atoms with Crippen LogP contribution in [0.25, 0.3) is 0 Å². The van der Waals surface area contributed by atoms with E-state index < -0.39 is 0 Å². The first-order valence-electron chi connectivity index (χ1n) is 10.5. The summed E-state index contributed by atoms with van der Waals surface area (Å²) in [6.07, 6.45) is 1.86. The summed E-state index contributed by atoms with van der Waals surface area (Å²) in [5, 5.41) is 1.95. The van der Waals surface area contributed by atoms with Gasteiger partial charge in [0.25, 0.3) is 5.91 Å². The van der Waals surface area contributed by atoms with Gasteiger partial charge in [0, 0.05) is 37.4 Å². The van der Waals surface area contributed by atoms with Crippen LogP contribution in [0.1, 0.15) is 28.1 Å². The van der Waals surface area contributed by atoms with Crippen LogP contribution in [0.3, 0.4) is 0 Å². The van der Waals surface area contributed by atoms with Gasteiger partial charge < -0.3 is 14.4 Å². The van der Waals surface area contributed by atoms with Crippen LogP contribution < -0.4 is 14.4 Å². The van der Waals surface area contributed by atoms with Crippen molar-refractivity contribution in [2.75, 3.05) is 32.2 Å². The lowest BCUT2D eigenvalue weighted by Crippen LogP contribution is -2.47. The van der Waals surface area contributed by atoms with Gasteiger partial charge >= 0.3 is 0 Å². The number of hydrogen-bond acceptors (Lipinski definition) is 5. The fourth-order valence-electron chi connectivity index (χ4n) is 4.14. The van der Waals surface area contributed by atoms with Crippen molar-refractivity contribution in [3.8, 4) is 11.5 Å². The topological polar surface area (TPSA) is 42.0 Å². The summed E-state index contributed by atoms with van der Waals surface area (Å²) in [5.74, 6) is 1.71. The lowest BCUT2D eigenvalue weighted by Gasteiger charge is -2.38. The second-order valence-corrected chi connectivity index (χ2v) is 8.66. The number of methoxy groups -OCH3 is 2. The van der Waals surface area contributed by atoms with E-state index in [1.54, 1.807) is 14.2 Å². The zero-order valence-corrected chi connectivity index (χ0v) is 18.8. The first kappa shape index (κ1) is 21.4. The van der Waals surface area contributed by atoms with Crippen molar-refractivity contribution in [3.63, 3.8) is 0 Å². The molecule has 0 radical (unpaired) electrons. The number of ether oxygens (including phenoxy) is 2. The molecular weight excluding hydrogens is 408 g/mol. The average Bonchev–Trinajstić information content (AvgIpc) is 3.36. The van der Waals surface area contributed by atoms with E-state index in [-0.39, 0.29) is 11.9 Å². The Hall–Kier alpha value is -2.83. The fraction of sp³-hybridized carbons (Fsp3) is 0.320. The second-order valence-electron chi connectivity index (χ2n) is 7.71. The molecule has 0 bridgehead atoms. The Balaban J connectivity index is 1.49. The van der Waals surface area contributed by atoms with Crippen LogP contribution in [0.15, 0.2) is 66.0 Å². The lowest BCUT2D eigenvalue weighted by molar-refractivity contribution is 0.0962. The molecule has 5 nitrogen and oxygen atoms in total. The Kier molecular flexibility index (Phi) is 6.89. The molecule has 1 saturated heterocycles. The highest BCUT2D eigenvalue weighted by Crippen LogP contribution is 2.30. The summed E-state index contributed by atoms with van der Waals surface area (Å²) < 4.78 is 10.8. The number of anilines is 1. The third-order valence-corrected chi connectivity index (χ3v) is 6.60. The standard InChI is InChI=1S/C25H28N2O3S/c1-29-22-8-3-6-19(16-22)18-26-13-11-20(12-14-26)27(25(28)24-10-5-15-31-24)21-7-4-9-23(17-21)30-2/h3-10,15-17,20H,11-14,18H2,1-2H3. The molecule has 2 heterocycles. The molecule has 2 aromatic carbocycles. The van der Waals surface area contributed by atoms with Crippen LogP contribution in [-0.4, -0.2) is 44.2 Å². The number of carbonyl (C=O) groups excluding carboxylic acids is 1. The van der Waals surface area contributed by atoms with Crippen molar-refractivity contribution in [1.82, 2.24) is 4.90 Å². The Labute approximate surface area is 187 Å². The van der Waals surface area contributed by atoms with E-state index in [0.717, 1.165) is 54.5 Å². The molecule has 1 fully saturated rings. The van der Waals surface area contributed by atoms with Gasteiger partial charge in [0.1, 0.15) is 11.5 Å². The van der Waals surface area contributed by atoms with E-state index in [1.807, 2.05) is 58.8 Å². The van der Waals surface area contributed by atoms with Crippen molar-refractivity contribution < 1.29 is 14.3 Å². The van der Waals surface area contributed by atoms with E-state index >= 15 is 0 Å². The van der Waals surface area contributed by atoms with E-state index in [0.29, 0.717) is 0 Å². The van der Waals surface area contributed by atoms with Gasteiger partial charge in [0.2, 0.25) is 0 Å². The summed E-state index contributed by atoms with van der Waals surface area (Å²) in [4.78, 5) is 18.6. The minimum Gasteiger partial charge on any atom is -0.497 e. The summed E-state index contributed by atoms with van der Waals surface area (Å²) in [5.41, 5.74) is 2.14. The summed E-state index contributed by atoms with van der Waals surface area (Å²) >= 11 is 1.49. The number of rotatable bonds is 7. The molecule has 1 aromatic heterocycles. The molecule has 1 aliphatic rings. The third kappa shape index (κ3) is 5.09. The molecule has 162 valence electrons. The van der Waals surface area contributed by atoms with Crippen molar-refractivity contribution in [1.29, 1.82) is 0 Å². The number of likely N-dealkylation sites (tertiary alicyclic amines) is 1. The molecule has 1 amide bonds. The predicted molar refractivity (Wildman–Crippen MR) is 125 cm³/mol. The van der Waals surface area contributed by atoms with Gasteiger partial charge in [0.05, 0.1) is 19.1 Å². The number of hydrogen-bond donors (Lipinski definition) is 0. The predicted octanol–water partition coefficient (Wildman–Crippen LogP) is 5.08. The van der Waals surface area contributed by atoms with Crippen LogP contribution in [0.4, 0.5) is 5.69 Å². The highest BCUT2D eigenvalue weighted by atomic mass is 32.1. The summed E-state index contributed by atoms with van der Waals surface area (Å²) in [7, 11) is 3.35. The Morgan fingerprint density at radius 3 is 2.39 bits per heavy atom. The number of amides is 1. The van der Waals surface area contributed by atoms with Crippen molar-refractivity contribution >= 4 is 22.9 Å². The van der Waals surface area contributed by atoms with Crippen LogP contribution >= 0.6 is 11.3 Å². The maximum Gasteiger partial charge on any atom is 0.268 e. The van der Waals surface area contributed by atoms with Crippen molar-refractivity contribution in [3.05, 3.63) is 76.5 Å². The summed E-state index contributed by atoms with van der Waals surface area (Å²) in [6.45, 7) is 2.78. The molecule has 0 saturated carbocycles. The van der Waals surface area contributed by atoms with Gasteiger partial charge in [-0.15, -0.1) is 11.3 Å². The fourth-order valence-corrected chi connectivity index (χ4v) is 4.80. The maximum absolute atomic E-state index is 13.4. The molecule has 3 aromatic rings. The highest BCUT2D eigenvalue weighted by molar-refractivity contribution is 7.12. The highest BCUT2D eigenvalue weighted by Gasteiger charge is 2.30. The molecule has 1 aliphatic heterocycles. The molecule has 0 atom stereocenters. The molecular formula is C25H28N2O3S. The van der Waals surface area contributed by atoms with Crippen LogP contribution in [-0.2, 0) is 6.54 Å². The second kappa shape index (κ2) is 9.98.